The zero-order valence-electron chi connectivity index (χ0n) is 10.6. The van der Waals surface area contributed by atoms with E-state index in [0.717, 1.165) is 18.7 Å². The lowest BCUT2D eigenvalue weighted by molar-refractivity contribution is 0.305. The number of aromatic nitrogens is 2. The molecular weight excluding hydrogens is 210 g/mol. The van der Waals surface area contributed by atoms with Gasteiger partial charge in [-0.05, 0) is 51.9 Å². The third-order valence-corrected chi connectivity index (χ3v) is 4.25. The Bertz CT molecular complexity index is 410. The largest absolute Gasteiger partial charge is 0.365 e. The second-order valence-electron chi connectivity index (χ2n) is 5.75. The average Bonchev–Trinajstić information content (AvgIpc) is 2.53. The molecule has 17 heavy (non-hydrogen) atoms. The van der Waals surface area contributed by atoms with Crippen LogP contribution in [0.3, 0.4) is 0 Å². The van der Waals surface area contributed by atoms with Crippen molar-refractivity contribution < 1.29 is 0 Å². The van der Waals surface area contributed by atoms with E-state index < -0.39 is 0 Å². The molecule has 0 bridgehead atoms. The van der Waals surface area contributed by atoms with E-state index in [2.05, 4.69) is 22.2 Å². The Morgan fingerprint density at radius 3 is 2.65 bits per heavy atom. The Kier molecular flexibility index (Phi) is 2.77. The Hall–Kier alpha value is -1.12. The number of nitrogens with zero attached hydrogens (tertiary/aromatic N) is 2. The lowest BCUT2D eigenvalue weighted by Crippen LogP contribution is -2.42. The molecule has 0 aromatic carbocycles. The second kappa shape index (κ2) is 4.28. The van der Waals surface area contributed by atoms with Gasteiger partial charge in [0.15, 0.2) is 0 Å². The zero-order valence-corrected chi connectivity index (χ0v) is 10.6. The van der Waals surface area contributed by atoms with E-state index in [4.69, 9.17) is 0 Å². The van der Waals surface area contributed by atoms with E-state index in [9.17, 15) is 0 Å². The van der Waals surface area contributed by atoms with Crippen molar-refractivity contribution in [2.24, 2.45) is 0 Å². The van der Waals surface area contributed by atoms with Crippen LogP contribution in [0.15, 0.2) is 6.33 Å². The Balaban J connectivity index is 1.88. The molecule has 0 radical (unpaired) electrons. The summed E-state index contributed by atoms with van der Waals surface area (Å²) >= 11 is 0. The van der Waals surface area contributed by atoms with Crippen LogP contribution in [-0.4, -0.2) is 15.5 Å². The van der Waals surface area contributed by atoms with Crippen molar-refractivity contribution in [3.05, 3.63) is 17.6 Å². The number of fused-ring (bicyclic) bond motifs is 1. The fourth-order valence-electron chi connectivity index (χ4n) is 2.92. The molecule has 0 aliphatic heterocycles. The highest BCUT2D eigenvalue weighted by molar-refractivity contribution is 5.48. The van der Waals surface area contributed by atoms with Crippen LogP contribution in [0.1, 0.15) is 56.7 Å². The van der Waals surface area contributed by atoms with Gasteiger partial charge in [-0.3, -0.25) is 0 Å². The highest BCUT2D eigenvalue weighted by Gasteiger charge is 2.32. The van der Waals surface area contributed by atoms with Crippen LogP contribution in [0.25, 0.3) is 0 Å². The lowest BCUT2D eigenvalue weighted by Gasteiger charge is -2.40. The Morgan fingerprint density at radius 1 is 1.06 bits per heavy atom. The van der Waals surface area contributed by atoms with Gasteiger partial charge in [0, 0.05) is 16.8 Å². The molecule has 1 fully saturated rings. The summed E-state index contributed by atoms with van der Waals surface area (Å²) in [5.74, 6) is 1.11. The van der Waals surface area contributed by atoms with Crippen molar-refractivity contribution in [1.29, 1.82) is 0 Å². The summed E-state index contributed by atoms with van der Waals surface area (Å²) in [4.78, 5) is 8.94. The molecule has 0 atom stereocenters. The smallest absolute Gasteiger partial charge is 0.133 e. The van der Waals surface area contributed by atoms with Crippen molar-refractivity contribution in [3.63, 3.8) is 0 Å². The van der Waals surface area contributed by atoms with Gasteiger partial charge in [-0.25, -0.2) is 9.97 Å². The van der Waals surface area contributed by atoms with Gasteiger partial charge < -0.3 is 5.32 Å². The number of aryl methyl sites for hydroxylation is 1. The van der Waals surface area contributed by atoms with Gasteiger partial charge in [-0.1, -0.05) is 6.42 Å². The third-order valence-electron chi connectivity index (χ3n) is 4.25. The first-order valence-corrected chi connectivity index (χ1v) is 6.88. The van der Waals surface area contributed by atoms with Crippen LogP contribution in [-0.2, 0) is 12.8 Å². The van der Waals surface area contributed by atoms with Crippen LogP contribution in [0.4, 0.5) is 5.82 Å². The third kappa shape index (κ3) is 2.15. The standard InChI is InChI=1S/C14H21N3/c1-14(8-5-9-14)17-13-11-6-3-2-4-7-12(11)15-10-16-13/h10H,2-9H2,1H3,(H,15,16,17). The van der Waals surface area contributed by atoms with Gasteiger partial charge in [0.2, 0.25) is 0 Å². The fourth-order valence-corrected chi connectivity index (χ4v) is 2.92. The molecule has 1 aromatic heterocycles. The average molecular weight is 231 g/mol. The van der Waals surface area contributed by atoms with Gasteiger partial charge in [0.05, 0.1) is 0 Å². The molecule has 1 saturated carbocycles. The van der Waals surface area contributed by atoms with Crippen LogP contribution >= 0.6 is 0 Å². The van der Waals surface area contributed by atoms with Crippen LogP contribution in [0.2, 0.25) is 0 Å². The molecular formula is C14H21N3. The zero-order chi connectivity index (χ0) is 11.7. The number of hydrogen-bond acceptors (Lipinski definition) is 3. The maximum atomic E-state index is 4.48. The molecule has 0 saturated heterocycles. The number of anilines is 1. The Labute approximate surface area is 103 Å². The first-order valence-electron chi connectivity index (χ1n) is 6.88. The first-order chi connectivity index (χ1) is 8.27. The van der Waals surface area contributed by atoms with Crippen molar-refractivity contribution in [2.45, 2.75) is 63.8 Å². The molecule has 1 heterocycles. The van der Waals surface area contributed by atoms with Crippen molar-refractivity contribution >= 4 is 5.82 Å². The summed E-state index contributed by atoms with van der Waals surface area (Å²) in [5, 5.41) is 3.66. The monoisotopic (exact) mass is 231 g/mol. The summed E-state index contributed by atoms with van der Waals surface area (Å²) in [6.07, 6.45) is 11.8. The maximum absolute atomic E-state index is 4.48. The highest BCUT2D eigenvalue weighted by Crippen LogP contribution is 2.36. The molecule has 2 aliphatic rings. The summed E-state index contributed by atoms with van der Waals surface area (Å²) in [6, 6.07) is 0. The van der Waals surface area contributed by atoms with E-state index >= 15 is 0 Å². The number of rotatable bonds is 2. The predicted octanol–water partition coefficient (Wildman–Crippen LogP) is 3.10. The first kappa shape index (κ1) is 11.0. The van der Waals surface area contributed by atoms with E-state index in [1.165, 1.54) is 49.8 Å². The van der Waals surface area contributed by atoms with Gasteiger partial charge in [0.1, 0.15) is 12.1 Å². The fraction of sp³-hybridized carbons (Fsp3) is 0.714. The molecule has 92 valence electrons. The minimum atomic E-state index is 0.286. The highest BCUT2D eigenvalue weighted by atomic mass is 15.1. The molecule has 0 spiro atoms. The van der Waals surface area contributed by atoms with E-state index in [1.54, 1.807) is 6.33 Å². The molecule has 0 unspecified atom stereocenters. The van der Waals surface area contributed by atoms with Crippen molar-refractivity contribution in [3.8, 4) is 0 Å². The van der Waals surface area contributed by atoms with E-state index in [0.29, 0.717) is 0 Å². The Morgan fingerprint density at radius 2 is 1.88 bits per heavy atom. The second-order valence-corrected chi connectivity index (χ2v) is 5.75. The summed E-state index contributed by atoms with van der Waals surface area (Å²) in [7, 11) is 0. The SMILES string of the molecule is CC1(Nc2ncnc3c2CCCCC3)CCC1. The van der Waals surface area contributed by atoms with Crippen molar-refractivity contribution in [2.75, 3.05) is 5.32 Å². The predicted molar refractivity (Wildman–Crippen MR) is 69.2 cm³/mol. The van der Waals surface area contributed by atoms with Gasteiger partial charge in [0.25, 0.3) is 0 Å². The van der Waals surface area contributed by atoms with Gasteiger partial charge >= 0.3 is 0 Å². The minimum Gasteiger partial charge on any atom is -0.365 e. The van der Waals surface area contributed by atoms with E-state index in [1.807, 2.05) is 0 Å². The topological polar surface area (TPSA) is 37.8 Å². The molecule has 1 N–H and O–H groups in total. The van der Waals surface area contributed by atoms with Crippen LogP contribution < -0.4 is 5.32 Å². The molecule has 3 heteroatoms. The summed E-state index contributed by atoms with van der Waals surface area (Å²) in [6.45, 7) is 2.31. The van der Waals surface area contributed by atoms with Crippen LogP contribution in [0.5, 0.6) is 0 Å². The number of hydrogen-bond donors (Lipinski definition) is 1. The van der Waals surface area contributed by atoms with Crippen LogP contribution in [0, 0.1) is 0 Å². The summed E-state index contributed by atoms with van der Waals surface area (Å²) < 4.78 is 0. The normalized spacial score (nSPS) is 22.2. The quantitative estimate of drug-likeness (QED) is 0.795. The molecule has 0 amide bonds. The molecule has 1 aromatic rings. The number of nitrogens with one attached hydrogen (secondary N) is 1. The van der Waals surface area contributed by atoms with Gasteiger partial charge in [-0.2, -0.15) is 0 Å². The molecule has 3 rings (SSSR count). The molecule has 3 nitrogen and oxygen atoms in total. The minimum absolute atomic E-state index is 0.286. The van der Waals surface area contributed by atoms with E-state index in [-0.39, 0.29) is 5.54 Å². The summed E-state index contributed by atoms with van der Waals surface area (Å²) in [5.41, 5.74) is 2.95. The lowest BCUT2D eigenvalue weighted by atomic mass is 9.78. The van der Waals surface area contributed by atoms with Gasteiger partial charge in [-0.15, -0.1) is 0 Å². The van der Waals surface area contributed by atoms with Crippen molar-refractivity contribution in [1.82, 2.24) is 9.97 Å². The molecule has 2 aliphatic carbocycles. The maximum Gasteiger partial charge on any atom is 0.133 e.